The van der Waals surface area contributed by atoms with Crippen molar-refractivity contribution in [3.63, 3.8) is 0 Å². The quantitative estimate of drug-likeness (QED) is 0.579. The molecule has 140 valence electrons. The van der Waals surface area contributed by atoms with Crippen LogP contribution in [-0.2, 0) is 10.0 Å². The molecule has 0 aromatic heterocycles. The van der Waals surface area contributed by atoms with Gasteiger partial charge in [0.1, 0.15) is 5.82 Å². The summed E-state index contributed by atoms with van der Waals surface area (Å²) in [6, 6.07) is 5.11. The smallest absolute Gasteiger partial charge is 0.243 e. The molecule has 0 bridgehead atoms. The normalized spacial score (nSPS) is 16.2. The molecule has 0 radical (unpaired) electrons. The van der Waals surface area contributed by atoms with Crippen LogP contribution in [0.3, 0.4) is 0 Å². The number of sulfonamides is 1. The van der Waals surface area contributed by atoms with Crippen LogP contribution in [-0.4, -0.2) is 81.0 Å². The van der Waals surface area contributed by atoms with Crippen LogP contribution in [0.25, 0.3) is 0 Å². The second kappa shape index (κ2) is 8.88. The topological polar surface area (TPSA) is 55.9 Å². The number of thiocarbonyl (C=S) groups is 1. The van der Waals surface area contributed by atoms with Crippen molar-refractivity contribution in [3.05, 3.63) is 30.1 Å². The lowest BCUT2D eigenvalue weighted by Gasteiger charge is -2.35. The molecule has 0 aliphatic carbocycles. The molecule has 0 saturated carbocycles. The van der Waals surface area contributed by atoms with Gasteiger partial charge >= 0.3 is 0 Å². The molecule has 0 amide bonds. The Hall–Kier alpha value is -1.29. The molecule has 1 fully saturated rings. The Labute approximate surface area is 154 Å². The van der Waals surface area contributed by atoms with Crippen molar-refractivity contribution in [2.24, 2.45) is 0 Å². The van der Waals surface area contributed by atoms with E-state index in [1.54, 1.807) is 0 Å². The number of nitrogens with one attached hydrogen (secondary N) is 1. The van der Waals surface area contributed by atoms with Crippen LogP contribution >= 0.6 is 12.2 Å². The number of hydrogen-bond acceptors (Lipinski definition) is 4. The predicted octanol–water partition coefficient (Wildman–Crippen LogP) is 0.958. The molecule has 0 atom stereocenters. The first-order valence-corrected chi connectivity index (χ1v) is 10.1. The minimum absolute atomic E-state index is 0.00895. The molecule has 9 heteroatoms. The first kappa shape index (κ1) is 20.0. The highest BCUT2D eigenvalue weighted by Gasteiger charge is 2.29. The molecule has 1 saturated heterocycles. The van der Waals surface area contributed by atoms with Gasteiger partial charge in [0.25, 0.3) is 0 Å². The first-order valence-electron chi connectivity index (χ1n) is 8.24. The maximum Gasteiger partial charge on any atom is 0.243 e. The molecule has 1 aliphatic rings. The maximum atomic E-state index is 13.3. The van der Waals surface area contributed by atoms with Gasteiger partial charge in [-0.1, -0.05) is 6.07 Å². The molecule has 1 aromatic rings. The molecule has 0 unspecified atom stereocenters. The van der Waals surface area contributed by atoms with Crippen molar-refractivity contribution in [2.45, 2.75) is 11.3 Å². The van der Waals surface area contributed by atoms with Gasteiger partial charge in [-0.15, -0.1) is 0 Å². The molecular formula is C16H25FN4O2S2. The SMILES string of the molecule is CN(C)CCCNC(=S)N1CCN(S(=O)(=O)c2cccc(F)c2)CC1. The van der Waals surface area contributed by atoms with E-state index in [4.69, 9.17) is 12.2 Å². The molecule has 1 N–H and O–H groups in total. The van der Waals surface area contributed by atoms with Crippen LogP contribution in [0.5, 0.6) is 0 Å². The Morgan fingerprint density at radius 3 is 2.56 bits per heavy atom. The van der Waals surface area contributed by atoms with Crippen molar-refractivity contribution in [1.82, 2.24) is 19.4 Å². The standard InChI is InChI=1S/C16H25FN4O2S2/c1-19(2)8-4-7-18-16(24)20-9-11-21(12-10-20)25(22,23)15-6-3-5-14(17)13-15/h3,5-6,13H,4,7-12H2,1-2H3,(H,18,24). The third-order valence-corrected chi connectivity index (χ3v) is 6.32. The zero-order chi connectivity index (χ0) is 18.4. The molecule has 1 aromatic carbocycles. The molecular weight excluding hydrogens is 363 g/mol. The minimum Gasteiger partial charge on any atom is -0.363 e. The Balaban J connectivity index is 1.85. The second-order valence-corrected chi connectivity index (χ2v) is 8.56. The number of rotatable bonds is 6. The summed E-state index contributed by atoms with van der Waals surface area (Å²) in [5, 5.41) is 3.87. The average molecular weight is 389 g/mol. The molecule has 2 rings (SSSR count). The van der Waals surface area contributed by atoms with E-state index < -0.39 is 15.8 Å². The summed E-state index contributed by atoms with van der Waals surface area (Å²) >= 11 is 5.38. The number of halogens is 1. The Bertz CT molecular complexity index is 689. The van der Waals surface area contributed by atoms with E-state index in [1.165, 1.54) is 22.5 Å². The lowest BCUT2D eigenvalue weighted by atomic mass is 10.3. The zero-order valence-corrected chi connectivity index (χ0v) is 16.2. The van der Waals surface area contributed by atoms with Crippen LogP contribution < -0.4 is 5.32 Å². The van der Waals surface area contributed by atoms with Gasteiger partial charge in [-0.25, -0.2) is 12.8 Å². The number of piperazine rings is 1. The van der Waals surface area contributed by atoms with Crippen molar-refractivity contribution in [2.75, 3.05) is 53.4 Å². The van der Waals surface area contributed by atoms with Crippen molar-refractivity contribution in [1.29, 1.82) is 0 Å². The van der Waals surface area contributed by atoms with Crippen LogP contribution in [0.2, 0.25) is 0 Å². The summed E-state index contributed by atoms with van der Waals surface area (Å²) in [6.07, 6.45) is 0.987. The summed E-state index contributed by atoms with van der Waals surface area (Å²) < 4.78 is 39.8. The number of hydrogen-bond donors (Lipinski definition) is 1. The highest BCUT2D eigenvalue weighted by Crippen LogP contribution is 2.18. The highest BCUT2D eigenvalue weighted by atomic mass is 32.2. The average Bonchev–Trinajstić information content (AvgIpc) is 2.58. The van der Waals surface area contributed by atoms with E-state index in [9.17, 15) is 12.8 Å². The minimum atomic E-state index is -3.67. The zero-order valence-electron chi connectivity index (χ0n) is 14.6. The van der Waals surface area contributed by atoms with E-state index in [1.807, 2.05) is 19.0 Å². The van der Waals surface area contributed by atoms with Gasteiger partial charge in [0.2, 0.25) is 10.0 Å². The number of nitrogens with zero attached hydrogens (tertiary/aromatic N) is 3. The van der Waals surface area contributed by atoms with E-state index in [0.29, 0.717) is 31.3 Å². The fraction of sp³-hybridized carbons (Fsp3) is 0.562. The Morgan fingerprint density at radius 1 is 1.28 bits per heavy atom. The molecule has 1 aliphatic heterocycles. The van der Waals surface area contributed by atoms with E-state index in [2.05, 4.69) is 10.2 Å². The van der Waals surface area contributed by atoms with Gasteiger partial charge in [-0.2, -0.15) is 4.31 Å². The summed E-state index contributed by atoms with van der Waals surface area (Å²) in [7, 11) is 0.382. The van der Waals surface area contributed by atoms with Gasteiger partial charge in [0.15, 0.2) is 5.11 Å². The van der Waals surface area contributed by atoms with Crippen LogP contribution in [0.1, 0.15) is 6.42 Å². The van der Waals surface area contributed by atoms with E-state index in [0.717, 1.165) is 25.6 Å². The van der Waals surface area contributed by atoms with Gasteiger partial charge < -0.3 is 15.1 Å². The Morgan fingerprint density at radius 2 is 1.96 bits per heavy atom. The summed E-state index contributed by atoms with van der Waals surface area (Å²) in [6.45, 7) is 3.48. The van der Waals surface area contributed by atoms with Crippen molar-refractivity contribution in [3.8, 4) is 0 Å². The van der Waals surface area contributed by atoms with Crippen LogP contribution in [0.4, 0.5) is 4.39 Å². The first-order chi connectivity index (χ1) is 11.8. The van der Waals surface area contributed by atoms with E-state index in [-0.39, 0.29) is 4.90 Å². The van der Waals surface area contributed by atoms with Gasteiger partial charge in [0.05, 0.1) is 4.90 Å². The van der Waals surface area contributed by atoms with Gasteiger partial charge in [0, 0.05) is 32.7 Å². The molecule has 25 heavy (non-hydrogen) atoms. The van der Waals surface area contributed by atoms with Gasteiger partial charge in [-0.3, -0.25) is 0 Å². The molecule has 6 nitrogen and oxygen atoms in total. The highest BCUT2D eigenvalue weighted by molar-refractivity contribution is 7.89. The summed E-state index contributed by atoms with van der Waals surface area (Å²) in [5.74, 6) is -0.553. The number of benzene rings is 1. The fourth-order valence-electron chi connectivity index (χ4n) is 2.61. The van der Waals surface area contributed by atoms with Crippen LogP contribution in [0.15, 0.2) is 29.2 Å². The fourth-order valence-corrected chi connectivity index (χ4v) is 4.35. The molecule has 1 heterocycles. The van der Waals surface area contributed by atoms with Crippen molar-refractivity contribution >= 4 is 27.4 Å². The predicted molar refractivity (Wildman–Crippen MR) is 101 cm³/mol. The summed E-state index contributed by atoms with van der Waals surface area (Å²) in [5.41, 5.74) is 0. The third kappa shape index (κ3) is 5.60. The second-order valence-electron chi connectivity index (χ2n) is 6.24. The largest absolute Gasteiger partial charge is 0.363 e. The lowest BCUT2D eigenvalue weighted by Crippen LogP contribution is -2.53. The molecule has 0 spiro atoms. The lowest BCUT2D eigenvalue weighted by molar-refractivity contribution is 0.263. The van der Waals surface area contributed by atoms with E-state index >= 15 is 0 Å². The Kier molecular flexibility index (Phi) is 7.12. The van der Waals surface area contributed by atoms with Crippen LogP contribution in [0, 0.1) is 5.82 Å². The van der Waals surface area contributed by atoms with Crippen molar-refractivity contribution < 1.29 is 12.8 Å². The monoisotopic (exact) mass is 388 g/mol. The maximum absolute atomic E-state index is 13.3. The summed E-state index contributed by atoms with van der Waals surface area (Å²) in [4.78, 5) is 4.08. The van der Waals surface area contributed by atoms with Gasteiger partial charge in [-0.05, 0) is 57.5 Å². The third-order valence-electron chi connectivity index (χ3n) is 4.02.